The molecule has 7 nitrogen and oxygen atoms in total. The van der Waals surface area contributed by atoms with Crippen molar-refractivity contribution in [2.75, 3.05) is 0 Å². The number of hydrogen-bond acceptors (Lipinski definition) is 6. The topological polar surface area (TPSA) is 97.5 Å². The number of nitrogens with one attached hydrogen (secondary N) is 1. The van der Waals surface area contributed by atoms with Crippen LogP contribution in [-0.2, 0) is 17.8 Å². The van der Waals surface area contributed by atoms with Gasteiger partial charge in [0.05, 0.1) is 12.5 Å². The minimum absolute atomic E-state index is 0.0628. The number of nitrogens with zero attached hydrogens (tertiary/aromatic N) is 2. The second kappa shape index (κ2) is 10.1. The van der Waals surface area contributed by atoms with Crippen molar-refractivity contribution in [3.63, 3.8) is 0 Å². The van der Waals surface area contributed by atoms with Gasteiger partial charge in [-0.1, -0.05) is 55.4 Å². The average Bonchev–Trinajstić information content (AvgIpc) is 3.22. The van der Waals surface area contributed by atoms with Gasteiger partial charge in [-0.05, 0) is 23.6 Å². The maximum atomic E-state index is 13.8. The largest absolute Gasteiger partial charge is 0.445 e. The molecule has 1 unspecified atom stereocenters. The van der Waals surface area contributed by atoms with Gasteiger partial charge >= 0.3 is 6.09 Å². The van der Waals surface area contributed by atoms with Gasteiger partial charge in [0.2, 0.25) is 11.7 Å². The third-order valence-electron chi connectivity index (χ3n) is 4.69. The highest BCUT2D eigenvalue weighted by Gasteiger charge is 2.30. The molecule has 1 heterocycles. The lowest BCUT2D eigenvalue weighted by Crippen LogP contribution is -2.43. The van der Waals surface area contributed by atoms with Crippen LogP contribution < -0.4 is 5.32 Å². The molecule has 164 valence electrons. The molecule has 0 saturated carbocycles. The molecule has 1 aromatic heterocycles. The molecule has 0 aliphatic carbocycles. The lowest BCUT2D eigenvalue weighted by Gasteiger charge is -2.25. The van der Waals surface area contributed by atoms with E-state index in [-0.39, 0.29) is 36.2 Å². The summed E-state index contributed by atoms with van der Waals surface area (Å²) in [5.41, 5.74) is 0.609. The highest BCUT2D eigenvalue weighted by atomic mass is 19.1. The number of rotatable bonds is 8. The number of carbonyl (C=O) groups excluding carboxylic acids is 1. The van der Waals surface area contributed by atoms with Gasteiger partial charge < -0.3 is 19.7 Å². The highest BCUT2D eigenvalue weighted by molar-refractivity contribution is 5.67. The molecule has 2 N–H and O–H groups in total. The maximum absolute atomic E-state index is 13.8. The number of aromatic nitrogens is 2. The van der Waals surface area contributed by atoms with E-state index in [2.05, 4.69) is 15.5 Å². The number of benzene rings is 2. The summed E-state index contributed by atoms with van der Waals surface area (Å²) in [5.74, 6) is -1.84. The lowest BCUT2D eigenvalue weighted by atomic mass is 9.98. The Morgan fingerprint density at radius 2 is 1.81 bits per heavy atom. The van der Waals surface area contributed by atoms with Crippen LogP contribution in [0, 0.1) is 17.6 Å². The fourth-order valence-electron chi connectivity index (χ4n) is 2.98. The second-order valence-electron chi connectivity index (χ2n) is 7.34. The number of carbonyl (C=O) groups is 1. The van der Waals surface area contributed by atoms with E-state index < -0.39 is 29.9 Å². The molecule has 0 radical (unpaired) electrons. The summed E-state index contributed by atoms with van der Waals surface area (Å²) < 4.78 is 37.9. The highest BCUT2D eigenvalue weighted by Crippen LogP contribution is 2.22. The first-order valence-corrected chi connectivity index (χ1v) is 9.75. The Kier molecular flexibility index (Phi) is 7.30. The van der Waals surface area contributed by atoms with E-state index in [0.717, 1.165) is 17.7 Å². The van der Waals surface area contributed by atoms with Gasteiger partial charge in [0, 0.05) is 5.56 Å². The van der Waals surface area contributed by atoms with Crippen molar-refractivity contribution in [3.8, 4) is 0 Å². The number of amides is 1. The predicted molar refractivity (Wildman–Crippen MR) is 107 cm³/mol. The molecular formula is C22H23F2N3O4. The van der Waals surface area contributed by atoms with E-state index in [1.165, 1.54) is 6.07 Å². The normalized spacial score (nSPS) is 13.1. The van der Waals surface area contributed by atoms with Gasteiger partial charge in [0.15, 0.2) is 0 Å². The van der Waals surface area contributed by atoms with Crippen molar-refractivity contribution >= 4 is 6.09 Å². The summed E-state index contributed by atoms with van der Waals surface area (Å²) in [4.78, 5) is 16.2. The monoisotopic (exact) mass is 431 g/mol. The lowest BCUT2D eigenvalue weighted by molar-refractivity contribution is 0.0796. The minimum Gasteiger partial charge on any atom is -0.445 e. The molecule has 9 heteroatoms. The Morgan fingerprint density at radius 3 is 2.45 bits per heavy atom. The number of aliphatic hydroxyl groups is 1. The van der Waals surface area contributed by atoms with Crippen LogP contribution >= 0.6 is 0 Å². The molecule has 0 saturated heterocycles. The van der Waals surface area contributed by atoms with Gasteiger partial charge in [-0.15, -0.1) is 0 Å². The van der Waals surface area contributed by atoms with E-state index in [0.29, 0.717) is 0 Å². The number of alkyl carbamates (subject to hydrolysis) is 1. The van der Waals surface area contributed by atoms with E-state index >= 15 is 0 Å². The molecule has 3 aromatic rings. The third kappa shape index (κ3) is 5.85. The van der Waals surface area contributed by atoms with Crippen LogP contribution in [0.2, 0.25) is 0 Å². The fourth-order valence-corrected chi connectivity index (χ4v) is 2.98. The predicted octanol–water partition coefficient (Wildman–Crippen LogP) is 3.92. The summed E-state index contributed by atoms with van der Waals surface area (Å²) in [7, 11) is 0. The van der Waals surface area contributed by atoms with E-state index in [1.54, 1.807) is 13.8 Å². The summed E-state index contributed by atoms with van der Waals surface area (Å²) >= 11 is 0. The van der Waals surface area contributed by atoms with Crippen LogP contribution in [0.4, 0.5) is 13.6 Å². The van der Waals surface area contributed by atoms with Gasteiger partial charge in [-0.3, -0.25) is 0 Å². The van der Waals surface area contributed by atoms with Gasteiger partial charge in [0.1, 0.15) is 24.3 Å². The third-order valence-corrected chi connectivity index (χ3v) is 4.69. The molecule has 2 atom stereocenters. The SMILES string of the molecule is CC(C)[C@H](NC(=O)OCc1ccccc1)C(O)c1noc(Cc2c(F)cccc2F)n1. The molecule has 31 heavy (non-hydrogen) atoms. The molecule has 3 rings (SSSR count). The minimum atomic E-state index is -1.31. The zero-order valence-corrected chi connectivity index (χ0v) is 17.1. The van der Waals surface area contributed by atoms with E-state index in [4.69, 9.17) is 9.26 Å². The molecule has 2 aromatic carbocycles. The number of hydrogen-bond donors (Lipinski definition) is 2. The second-order valence-corrected chi connectivity index (χ2v) is 7.34. The van der Waals surface area contributed by atoms with Crippen molar-refractivity contribution in [3.05, 3.63) is 83.0 Å². The molecule has 0 spiro atoms. The van der Waals surface area contributed by atoms with E-state index in [9.17, 15) is 18.7 Å². The van der Waals surface area contributed by atoms with Crippen LogP contribution in [0.25, 0.3) is 0 Å². The Bertz CT molecular complexity index is 991. The molecule has 0 aliphatic heterocycles. The van der Waals surface area contributed by atoms with Crippen LogP contribution in [0.1, 0.15) is 42.8 Å². The molecule has 0 fully saturated rings. The Balaban J connectivity index is 1.64. The summed E-state index contributed by atoms with van der Waals surface area (Å²) in [6, 6.07) is 11.9. The molecule has 0 aliphatic rings. The number of aliphatic hydroxyl groups excluding tert-OH is 1. The van der Waals surface area contributed by atoms with Crippen molar-refractivity contribution in [2.45, 2.75) is 39.0 Å². The smallest absolute Gasteiger partial charge is 0.407 e. The standard InChI is InChI=1S/C22H23F2N3O4/c1-13(2)19(26-22(29)30-12-14-7-4-3-5-8-14)20(28)21-25-18(31-27-21)11-15-16(23)9-6-10-17(15)24/h3-10,13,19-20,28H,11-12H2,1-2H3,(H,26,29)/t19-,20?/m0/s1. The quantitative estimate of drug-likeness (QED) is 0.561. The maximum Gasteiger partial charge on any atom is 0.407 e. The number of ether oxygens (including phenoxy) is 1. The Hall–Kier alpha value is -3.33. The first-order valence-electron chi connectivity index (χ1n) is 9.75. The zero-order chi connectivity index (χ0) is 22.4. The van der Waals surface area contributed by atoms with Gasteiger partial charge in [-0.25, -0.2) is 13.6 Å². The van der Waals surface area contributed by atoms with Crippen molar-refractivity contribution in [1.82, 2.24) is 15.5 Å². The van der Waals surface area contributed by atoms with Crippen LogP contribution in [0.3, 0.4) is 0 Å². The molecule has 1 amide bonds. The van der Waals surface area contributed by atoms with Gasteiger partial charge in [-0.2, -0.15) is 4.98 Å². The van der Waals surface area contributed by atoms with E-state index in [1.807, 2.05) is 30.3 Å². The Labute approximate surface area is 178 Å². The van der Waals surface area contributed by atoms with Crippen LogP contribution in [0.5, 0.6) is 0 Å². The summed E-state index contributed by atoms with van der Waals surface area (Å²) in [5, 5.41) is 17.0. The first-order chi connectivity index (χ1) is 14.8. The summed E-state index contributed by atoms with van der Waals surface area (Å²) in [6.45, 7) is 3.66. The average molecular weight is 431 g/mol. The van der Waals surface area contributed by atoms with Crippen molar-refractivity contribution in [2.24, 2.45) is 5.92 Å². The molecular weight excluding hydrogens is 408 g/mol. The first kappa shape index (κ1) is 22.4. The Morgan fingerprint density at radius 1 is 1.13 bits per heavy atom. The van der Waals surface area contributed by atoms with Gasteiger partial charge in [0.25, 0.3) is 0 Å². The van der Waals surface area contributed by atoms with Crippen LogP contribution in [-0.4, -0.2) is 27.4 Å². The molecule has 0 bridgehead atoms. The zero-order valence-electron chi connectivity index (χ0n) is 17.1. The van der Waals surface area contributed by atoms with Crippen LogP contribution in [0.15, 0.2) is 53.1 Å². The summed E-state index contributed by atoms with van der Waals surface area (Å²) in [6.07, 6.45) is -2.29. The van der Waals surface area contributed by atoms with Crippen molar-refractivity contribution in [1.29, 1.82) is 0 Å². The fraction of sp³-hybridized carbons (Fsp3) is 0.318. The van der Waals surface area contributed by atoms with Crippen molar-refractivity contribution < 1.29 is 27.9 Å². The number of halogens is 2.